The average Bonchev–Trinajstić information content (AvgIpc) is 2.69. The van der Waals surface area contributed by atoms with Crippen LogP contribution in [0.25, 0.3) is 0 Å². The Labute approximate surface area is 245 Å². The molecule has 0 unspecified atom stereocenters. The van der Waals surface area contributed by atoms with Gasteiger partial charge in [0.2, 0.25) is 0 Å². The minimum atomic E-state index is 0.604. The zero-order chi connectivity index (χ0) is 22.0. The number of benzene rings is 2. The molecule has 0 aliphatic heterocycles. The van der Waals surface area contributed by atoms with Crippen molar-refractivity contribution in [3.8, 4) is 11.5 Å². The van der Waals surface area contributed by atoms with Gasteiger partial charge < -0.3 is 9.64 Å². The highest BCUT2D eigenvalue weighted by molar-refractivity contribution is 9.16. The number of hydrogen-bond acceptors (Lipinski definition) is 2. The van der Waals surface area contributed by atoms with Crippen LogP contribution in [0.3, 0.4) is 0 Å². The molecular formula is C18H10Br9NO. The minimum absolute atomic E-state index is 0.604. The molecule has 0 aromatic heterocycles. The lowest BCUT2D eigenvalue weighted by atomic mass is 10.2. The number of hydrogen-bond donors (Lipinski definition) is 0. The number of anilines is 1. The maximum atomic E-state index is 6.35. The predicted octanol–water partition coefficient (Wildman–Crippen LogP) is 11.5. The summed E-state index contributed by atoms with van der Waals surface area (Å²) in [6.07, 6.45) is 3.69. The lowest BCUT2D eigenvalue weighted by Crippen LogP contribution is -2.24. The summed E-state index contributed by atoms with van der Waals surface area (Å²) >= 11 is 32.7. The molecule has 0 aliphatic carbocycles. The van der Waals surface area contributed by atoms with Crippen molar-refractivity contribution in [3.05, 3.63) is 65.6 Å². The van der Waals surface area contributed by atoms with Gasteiger partial charge in [-0.05, 0) is 143 Å². The molecule has 0 spiro atoms. The van der Waals surface area contributed by atoms with Crippen molar-refractivity contribution in [2.24, 2.45) is 0 Å². The van der Waals surface area contributed by atoms with E-state index in [4.69, 9.17) is 4.74 Å². The van der Waals surface area contributed by atoms with E-state index in [0.717, 1.165) is 45.9 Å². The van der Waals surface area contributed by atoms with Crippen molar-refractivity contribution in [1.29, 1.82) is 0 Å². The molecule has 2 aromatic rings. The van der Waals surface area contributed by atoms with Crippen molar-refractivity contribution < 1.29 is 4.74 Å². The molecule has 0 atom stereocenters. The quantitative estimate of drug-likeness (QED) is 0.156. The molecular weight excluding hydrogens is 965 g/mol. The zero-order valence-electron chi connectivity index (χ0n) is 14.2. The van der Waals surface area contributed by atoms with Gasteiger partial charge in [0.1, 0.15) is 0 Å². The van der Waals surface area contributed by atoms with E-state index in [1.54, 1.807) is 0 Å². The first-order valence-corrected chi connectivity index (χ1v) is 14.7. The van der Waals surface area contributed by atoms with Crippen LogP contribution in [0.15, 0.2) is 65.6 Å². The summed E-state index contributed by atoms with van der Waals surface area (Å²) < 4.78 is 13.6. The molecule has 0 aliphatic rings. The number of ether oxygens (including phenoxy) is 1. The smallest absolute Gasteiger partial charge is 0.158 e. The van der Waals surface area contributed by atoms with Crippen LogP contribution in [-0.4, -0.2) is 13.1 Å². The lowest BCUT2D eigenvalue weighted by Gasteiger charge is -2.27. The summed E-state index contributed by atoms with van der Waals surface area (Å²) in [6, 6.07) is 0. The molecule has 2 rings (SSSR count). The molecule has 2 nitrogen and oxygen atoms in total. The van der Waals surface area contributed by atoms with Gasteiger partial charge in [-0.2, -0.15) is 0 Å². The molecule has 0 radical (unpaired) electrons. The third kappa shape index (κ3) is 5.67. The number of nitrogens with zero attached hydrogens (tertiary/aromatic N) is 1. The van der Waals surface area contributed by atoms with Gasteiger partial charge in [-0.15, -0.1) is 13.2 Å². The van der Waals surface area contributed by atoms with E-state index in [0.29, 0.717) is 24.6 Å². The van der Waals surface area contributed by atoms with Crippen LogP contribution in [0.2, 0.25) is 0 Å². The number of rotatable bonds is 7. The van der Waals surface area contributed by atoms with Crippen LogP contribution in [0.1, 0.15) is 0 Å². The monoisotopic (exact) mass is 966 g/mol. The molecule has 0 N–H and O–H groups in total. The molecule has 0 fully saturated rings. The predicted molar refractivity (Wildman–Crippen MR) is 155 cm³/mol. The maximum absolute atomic E-state index is 6.35. The van der Waals surface area contributed by atoms with E-state index >= 15 is 0 Å². The molecule has 0 amide bonds. The Morgan fingerprint density at radius 2 is 0.862 bits per heavy atom. The molecule has 29 heavy (non-hydrogen) atoms. The summed E-state index contributed by atoms with van der Waals surface area (Å²) in [6.45, 7) is 9.02. The minimum Gasteiger partial charge on any atom is -0.452 e. The van der Waals surface area contributed by atoms with E-state index in [1.807, 2.05) is 12.2 Å². The Bertz CT molecular complexity index is 922. The largest absolute Gasteiger partial charge is 0.452 e. The summed E-state index contributed by atoms with van der Waals surface area (Å²) in [7, 11) is 0. The Balaban J connectivity index is 2.69. The third-order valence-corrected chi connectivity index (χ3v) is 13.7. The summed E-state index contributed by atoms with van der Waals surface area (Å²) in [4.78, 5) is 2.13. The fourth-order valence-electron chi connectivity index (χ4n) is 2.31. The third-order valence-electron chi connectivity index (χ3n) is 3.59. The van der Waals surface area contributed by atoms with E-state index in [9.17, 15) is 0 Å². The van der Waals surface area contributed by atoms with Gasteiger partial charge in [0.25, 0.3) is 0 Å². The van der Waals surface area contributed by atoms with E-state index < -0.39 is 0 Å². The van der Waals surface area contributed by atoms with Gasteiger partial charge in [0, 0.05) is 17.6 Å². The Morgan fingerprint density at radius 1 is 0.552 bits per heavy atom. The lowest BCUT2D eigenvalue weighted by molar-refractivity contribution is 0.468. The molecule has 156 valence electrons. The van der Waals surface area contributed by atoms with Crippen LogP contribution in [0.5, 0.6) is 11.5 Å². The number of halogens is 9. The normalized spacial score (nSPS) is 10.8. The van der Waals surface area contributed by atoms with Gasteiger partial charge in [-0.25, -0.2) is 0 Å². The molecule has 11 heteroatoms. The first-order chi connectivity index (χ1) is 13.6. The van der Waals surface area contributed by atoms with Crippen molar-refractivity contribution in [3.63, 3.8) is 0 Å². The average molecular weight is 975 g/mol. The standard InChI is InChI=1S/C18H10Br9NO/c1-3-5-28(6-4-2)16-10(22)14(26)18(15(27)11(16)23)29-17-12(24)8(20)7(19)9(21)13(17)25/h3-4H,1-2,5-6H2. The van der Waals surface area contributed by atoms with Crippen LogP contribution in [0, 0.1) is 0 Å². The molecule has 0 bridgehead atoms. The van der Waals surface area contributed by atoms with E-state index in [-0.39, 0.29) is 0 Å². The van der Waals surface area contributed by atoms with Crippen LogP contribution in [-0.2, 0) is 0 Å². The van der Waals surface area contributed by atoms with Gasteiger partial charge in [-0.1, -0.05) is 12.2 Å². The van der Waals surface area contributed by atoms with Crippen molar-refractivity contribution in [2.45, 2.75) is 0 Å². The topological polar surface area (TPSA) is 12.5 Å². The fourth-order valence-corrected chi connectivity index (χ4v) is 8.21. The molecule has 2 aromatic carbocycles. The second-order valence-electron chi connectivity index (χ2n) is 5.42. The zero-order valence-corrected chi connectivity index (χ0v) is 28.5. The molecule has 0 saturated heterocycles. The maximum Gasteiger partial charge on any atom is 0.158 e. The van der Waals surface area contributed by atoms with Crippen LogP contribution in [0.4, 0.5) is 5.69 Å². The van der Waals surface area contributed by atoms with E-state index in [2.05, 4.69) is 161 Å². The van der Waals surface area contributed by atoms with Gasteiger partial charge in [-0.3, -0.25) is 0 Å². The fraction of sp³-hybridized carbons (Fsp3) is 0.111. The Hall–Kier alpha value is 1.84. The summed E-state index contributed by atoms with van der Waals surface area (Å²) in [5.41, 5.74) is 0.951. The van der Waals surface area contributed by atoms with Gasteiger partial charge in [0.15, 0.2) is 11.5 Å². The SMILES string of the molecule is C=CCN(CC=C)c1c(Br)c(Br)c(Oc2c(Br)c(Br)c(Br)c(Br)c2Br)c(Br)c1Br. The van der Waals surface area contributed by atoms with E-state index in [1.165, 1.54) is 0 Å². The highest BCUT2D eigenvalue weighted by Gasteiger charge is 2.26. The van der Waals surface area contributed by atoms with Gasteiger partial charge >= 0.3 is 0 Å². The second kappa shape index (κ2) is 11.8. The van der Waals surface area contributed by atoms with Crippen molar-refractivity contribution in [1.82, 2.24) is 0 Å². The molecule has 0 heterocycles. The van der Waals surface area contributed by atoms with Crippen LogP contribution >= 0.6 is 143 Å². The van der Waals surface area contributed by atoms with Crippen LogP contribution < -0.4 is 9.64 Å². The Kier molecular flexibility index (Phi) is 11.0. The first kappa shape index (κ1) is 27.1. The Morgan fingerprint density at radius 3 is 1.21 bits per heavy atom. The summed E-state index contributed by atoms with van der Waals surface area (Å²) in [5.74, 6) is 1.21. The molecule has 0 saturated carbocycles. The second-order valence-corrected chi connectivity index (χ2v) is 12.6. The van der Waals surface area contributed by atoms with Crippen molar-refractivity contribution >= 4 is 149 Å². The highest BCUT2D eigenvalue weighted by atomic mass is 79.9. The first-order valence-electron chi connectivity index (χ1n) is 7.60. The van der Waals surface area contributed by atoms with Gasteiger partial charge in [0.05, 0.1) is 41.5 Å². The highest BCUT2D eigenvalue weighted by Crippen LogP contribution is 2.55. The van der Waals surface area contributed by atoms with Crippen molar-refractivity contribution in [2.75, 3.05) is 18.0 Å². The summed E-state index contributed by atoms with van der Waals surface area (Å²) in [5, 5.41) is 0.